The lowest BCUT2D eigenvalue weighted by molar-refractivity contribution is 0.768. The van der Waals surface area contributed by atoms with Crippen LogP contribution in [0.15, 0.2) is 42.9 Å². The van der Waals surface area contributed by atoms with E-state index in [1.165, 1.54) is 6.21 Å². The third-order valence-electron chi connectivity index (χ3n) is 3.54. The minimum absolute atomic E-state index is 0.316. The van der Waals surface area contributed by atoms with Crippen LogP contribution in [0.5, 0.6) is 0 Å². The normalized spacial score (nSPS) is 11.0. The second-order valence-electron chi connectivity index (χ2n) is 6.04. The summed E-state index contributed by atoms with van der Waals surface area (Å²) >= 11 is 0. The lowest BCUT2D eigenvalue weighted by Crippen LogP contribution is -2.08. The van der Waals surface area contributed by atoms with Gasteiger partial charge >= 0.3 is 0 Å². The highest BCUT2D eigenvalue weighted by atomic mass is 15.3. The molecule has 0 aliphatic rings. The summed E-state index contributed by atoms with van der Waals surface area (Å²) in [6.45, 7) is 8.64. The van der Waals surface area contributed by atoms with E-state index in [9.17, 15) is 0 Å². The maximum Gasteiger partial charge on any atom is 0.229 e. The fourth-order valence-corrected chi connectivity index (χ4v) is 2.16. The minimum atomic E-state index is 0.316. The third-order valence-corrected chi connectivity index (χ3v) is 3.54. The van der Waals surface area contributed by atoms with E-state index < -0.39 is 0 Å². The fraction of sp³-hybridized carbons (Fsp3) is 0.333. The summed E-state index contributed by atoms with van der Waals surface area (Å²) < 4.78 is 1.72. The molecule has 0 bridgehead atoms. The second-order valence-corrected chi connectivity index (χ2v) is 6.04. The van der Waals surface area contributed by atoms with Gasteiger partial charge in [-0.05, 0) is 17.9 Å². The van der Waals surface area contributed by atoms with Crippen LogP contribution in [0.4, 0.5) is 17.5 Å². The van der Waals surface area contributed by atoms with E-state index in [0.717, 1.165) is 22.6 Å². The van der Waals surface area contributed by atoms with Crippen LogP contribution in [0.2, 0.25) is 0 Å². The molecule has 0 saturated carbocycles. The van der Waals surface area contributed by atoms with Crippen molar-refractivity contribution in [2.75, 3.05) is 17.2 Å². The largest absolute Gasteiger partial charge is 0.366 e. The van der Waals surface area contributed by atoms with Crippen LogP contribution in [0, 0.1) is 5.41 Å². The molecule has 0 saturated heterocycles. The number of allylic oxidation sites excluding steroid dienone is 2. The summed E-state index contributed by atoms with van der Waals surface area (Å²) in [5, 5.41) is 17.7. The SMILES string of the molecule is C=C(C=N)CC=CCNc1nc(Nc2cnn(C)c2)ncc1C(C)C. The van der Waals surface area contributed by atoms with Crippen LogP contribution < -0.4 is 10.6 Å². The van der Waals surface area contributed by atoms with Gasteiger partial charge in [-0.15, -0.1) is 0 Å². The summed E-state index contributed by atoms with van der Waals surface area (Å²) in [5.41, 5.74) is 2.69. The molecule has 0 fully saturated rings. The quantitative estimate of drug-likeness (QED) is 0.479. The smallest absolute Gasteiger partial charge is 0.229 e. The Morgan fingerprint density at radius 1 is 1.36 bits per heavy atom. The van der Waals surface area contributed by atoms with Gasteiger partial charge in [0, 0.05) is 37.8 Å². The zero-order valence-electron chi connectivity index (χ0n) is 15.0. The highest BCUT2D eigenvalue weighted by Crippen LogP contribution is 2.23. The number of anilines is 3. The van der Waals surface area contributed by atoms with Gasteiger partial charge in [-0.3, -0.25) is 4.68 Å². The van der Waals surface area contributed by atoms with Gasteiger partial charge < -0.3 is 16.0 Å². The molecular formula is C18H25N7. The van der Waals surface area contributed by atoms with Crippen LogP contribution in [0.3, 0.4) is 0 Å². The van der Waals surface area contributed by atoms with Crippen LogP contribution >= 0.6 is 0 Å². The number of hydrogen-bond acceptors (Lipinski definition) is 6. The zero-order valence-corrected chi connectivity index (χ0v) is 15.0. The molecule has 0 radical (unpaired) electrons. The Morgan fingerprint density at radius 2 is 2.16 bits per heavy atom. The Hall–Kier alpha value is -2.96. The van der Waals surface area contributed by atoms with Gasteiger partial charge in [-0.1, -0.05) is 32.6 Å². The lowest BCUT2D eigenvalue weighted by Gasteiger charge is -2.13. The summed E-state index contributed by atoms with van der Waals surface area (Å²) in [5.74, 6) is 1.66. The maximum atomic E-state index is 7.11. The Kier molecular flexibility index (Phi) is 6.45. The first-order valence-corrected chi connectivity index (χ1v) is 8.19. The lowest BCUT2D eigenvalue weighted by atomic mass is 10.1. The van der Waals surface area contributed by atoms with Crippen molar-refractivity contribution in [2.45, 2.75) is 26.2 Å². The van der Waals surface area contributed by atoms with E-state index in [-0.39, 0.29) is 0 Å². The highest BCUT2D eigenvalue weighted by Gasteiger charge is 2.10. The van der Waals surface area contributed by atoms with Gasteiger partial charge in [0.25, 0.3) is 0 Å². The number of aromatic nitrogens is 4. The molecule has 0 aliphatic carbocycles. The molecule has 0 spiro atoms. The van der Waals surface area contributed by atoms with Crippen molar-refractivity contribution in [3.05, 3.63) is 48.5 Å². The molecule has 132 valence electrons. The third kappa shape index (κ3) is 5.56. The predicted octanol–water partition coefficient (Wildman–Crippen LogP) is 3.64. The van der Waals surface area contributed by atoms with Crippen molar-refractivity contribution in [3.63, 3.8) is 0 Å². The molecule has 0 aromatic carbocycles. The molecule has 7 nitrogen and oxygen atoms in total. The van der Waals surface area contributed by atoms with Gasteiger partial charge in [-0.25, -0.2) is 4.98 Å². The van der Waals surface area contributed by atoms with Crippen molar-refractivity contribution in [2.24, 2.45) is 7.05 Å². The van der Waals surface area contributed by atoms with Crippen LogP contribution in [-0.4, -0.2) is 32.5 Å². The van der Waals surface area contributed by atoms with Gasteiger partial charge in [0.1, 0.15) is 5.82 Å². The minimum Gasteiger partial charge on any atom is -0.366 e. The van der Waals surface area contributed by atoms with E-state index in [1.807, 2.05) is 31.6 Å². The molecule has 0 amide bonds. The second kappa shape index (κ2) is 8.77. The van der Waals surface area contributed by atoms with Crippen LogP contribution in [0.1, 0.15) is 31.7 Å². The predicted molar refractivity (Wildman–Crippen MR) is 103 cm³/mol. The average molecular weight is 339 g/mol. The molecule has 2 aromatic rings. The number of hydrogen-bond donors (Lipinski definition) is 3. The van der Waals surface area contributed by atoms with Gasteiger partial charge in [0.15, 0.2) is 0 Å². The topological polar surface area (TPSA) is 91.5 Å². The number of nitrogens with zero attached hydrogens (tertiary/aromatic N) is 4. The van der Waals surface area contributed by atoms with Crippen molar-refractivity contribution >= 4 is 23.7 Å². The number of rotatable bonds is 9. The van der Waals surface area contributed by atoms with Gasteiger partial charge in [0.05, 0.1) is 11.9 Å². The van der Waals surface area contributed by atoms with Crippen LogP contribution in [-0.2, 0) is 7.05 Å². The first kappa shape index (κ1) is 18.4. The summed E-state index contributed by atoms with van der Waals surface area (Å²) in [6.07, 6.45) is 11.4. The van der Waals surface area contributed by atoms with E-state index in [0.29, 0.717) is 24.8 Å². The van der Waals surface area contributed by atoms with Crippen molar-refractivity contribution in [1.29, 1.82) is 5.41 Å². The van der Waals surface area contributed by atoms with Gasteiger partial charge in [-0.2, -0.15) is 10.1 Å². The van der Waals surface area contributed by atoms with E-state index in [4.69, 9.17) is 5.41 Å². The summed E-state index contributed by atoms with van der Waals surface area (Å²) in [6, 6.07) is 0. The Balaban J connectivity index is 2.06. The highest BCUT2D eigenvalue weighted by molar-refractivity contribution is 5.74. The molecule has 2 rings (SSSR count). The molecule has 2 aromatic heterocycles. The Bertz CT molecular complexity index is 759. The molecule has 3 N–H and O–H groups in total. The van der Waals surface area contributed by atoms with Crippen molar-refractivity contribution in [1.82, 2.24) is 19.7 Å². The monoisotopic (exact) mass is 339 g/mol. The summed E-state index contributed by atoms with van der Waals surface area (Å²) in [4.78, 5) is 8.98. The first-order chi connectivity index (χ1) is 12.0. The van der Waals surface area contributed by atoms with E-state index in [1.54, 1.807) is 10.9 Å². The molecule has 25 heavy (non-hydrogen) atoms. The maximum absolute atomic E-state index is 7.11. The molecule has 0 atom stereocenters. The molecule has 7 heteroatoms. The van der Waals surface area contributed by atoms with Crippen molar-refractivity contribution in [3.8, 4) is 0 Å². The van der Waals surface area contributed by atoms with Crippen molar-refractivity contribution < 1.29 is 0 Å². The molecule has 0 aliphatic heterocycles. The standard InChI is InChI=1S/C18H25N7/c1-13(2)16-11-21-18(23-15-10-22-25(4)12-15)24-17(16)20-8-6-5-7-14(3)9-19/h5-6,9-13,19H,3,7-8H2,1-2,4H3,(H2,20,21,23,24). The summed E-state index contributed by atoms with van der Waals surface area (Å²) in [7, 11) is 1.86. The average Bonchev–Trinajstić information content (AvgIpc) is 2.99. The fourth-order valence-electron chi connectivity index (χ4n) is 2.16. The zero-order chi connectivity index (χ0) is 18.2. The van der Waals surface area contributed by atoms with E-state index >= 15 is 0 Å². The first-order valence-electron chi connectivity index (χ1n) is 8.19. The van der Waals surface area contributed by atoms with E-state index in [2.05, 4.69) is 46.1 Å². The Labute approximate surface area is 148 Å². The molecule has 2 heterocycles. The number of nitrogens with one attached hydrogen (secondary N) is 3. The van der Waals surface area contributed by atoms with Crippen LogP contribution in [0.25, 0.3) is 0 Å². The molecular weight excluding hydrogens is 314 g/mol. The Morgan fingerprint density at radius 3 is 2.80 bits per heavy atom. The van der Waals surface area contributed by atoms with Gasteiger partial charge in [0.2, 0.25) is 5.95 Å². The molecule has 0 unspecified atom stereocenters. The number of aryl methyl sites for hydroxylation is 1.